The van der Waals surface area contributed by atoms with Crippen LogP contribution in [0.2, 0.25) is 0 Å². The summed E-state index contributed by atoms with van der Waals surface area (Å²) in [6.45, 7) is 3.91. The molecule has 76 valence electrons. The van der Waals surface area contributed by atoms with Crippen molar-refractivity contribution in [1.29, 1.82) is 0 Å². The lowest BCUT2D eigenvalue weighted by molar-refractivity contribution is 0.188. The minimum absolute atomic E-state index is 0.379. The fourth-order valence-corrected chi connectivity index (χ4v) is 1.77. The number of rotatable bonds is 3. The Kier molecular flexibility index (Phi) is 3.11. The van der Waals surface area contributed by atoms with Crippen LogP contribution in [0.5, 0.6) is 0 Å². The fourth-order valence-electron chi connectivity index (χ4n) is 1.77. The number of aromatic nitrogens is 1. The van der Waals surface area contributed by atoms with E-state index in [4.69, 9.17) is 4.74 Å². The smallest absolute Gasteiger partial charge is 0.0620 e. The fraction of sp³-hybridized carbons (Fsp3) is 0.545. The molecule has 0 aromatic carbocycles. The Bertz CT molecular complexity index is 270. The summed E-state index contributed by atoms with van der Waals surface area (Å²) >= 11 is 0. The van der Waals surface area contributed by atoms with Gasteiger partial charge in [-0.2, -0.15) is 0 Å². The van der Waals surface area contributed by atoms with Crippen molar-refractivity contribution in [2.45, 2.75) is 25.4 Å². The first-order chi connectivity index (χ1) is 6.86. The quantitative estimate of drug-likeness (QED) is 0.788. The van der Waals surface area contributed by atoms with Gasteiger partial charge >= 0.3 is 0 Å². The highest BCUT2D eigenvalue weighted by Crippen LogP contribution is 2.14. The van der Waals surface area contributed by atoms with Crippen molar-refractivity contribution in [2.75, 3.05) is 13.2 Å². The van der Waals surface area contributed by atoms with Crippen LogP contribution in [0, 0.1) is 0 Å². The average Bonchev–Trinajstić information content (AvgIpc) is 2.72. The van der Waals surface area contributed by atoms with Crippen molar-refractivity contribution in [3.8, 4) is 0 Å². The first-order valence-corrected chi connectivity index (χ1v) is 5.10. The lowest BCUT2D eigenvalue weighted by Crippen LogP contribution is -2.31. The van der Waals surface area contributed by atoms with E-state index in [2.05, 4.69) is 17.2 Å². The molecule has 14 heavy (non-hydrogen) atoms. The summed E-state index contributed by atoms with van der Waals surface area (Å²) in [6, 6.07) is 4.99. The highest BCUT2D eigenvalue weighted by molar-refractivity contribution is 5.14. The van der Waals surface area contributed by atoms with Gasteiger partial charge in [-0.25, -0.2) is 0 Å². The molecule has 2 heterocycles. The van der Waals surface area contributed by atoms with E-state index < -0.39 is 0 Å². The molecule has 1 aliphatic rings. The average molecular weight is 192 g/mol. The van der Waals surface area contributed by atoms with Gasteiger partial charge in [0.05, 0.1) is 6.61 Å². The first kappa shape index (κ1) is 9.62. The van der Waals surface area contributed by atoms with Crippen LogP contribution in [-0.2, 0) is 4.74 Å². The standard InChI is InChI=1S/C11H16N2O/c1-9(10-2-5-12-6-3-10)13-11-4-7-14-8-11/h2-3,5-6,9,11,13H,4,7-8H2,1H3/t9-,11?/m1/s1. The molecule has 1 saturated heterocycles. The maximum absolute atomic E-state index is 5.32. The van der Waals surface area contributed by atoms with Gasteiger partial charge in [-0.1, -0.05) is 0 Å². The Balaban J connectivity index is 1.92. The van der Waals surface area contributed by atoms with E-state index in [1.54, 1.807) is 0 Å². The van der Waals surface area contributed by atoms with E-state index in [1.807, 2.05) is 24.5 Å². The Morgan fingerprint density at radius 1 is 1.50 bits per heavy atom. The van der Waals surface area contributed by atoms with E-state index in [0.29, 0.717) is 12.1 Å². The molecule has 0 amide bonds. The number of nitrogens with zero attached hydrogens (tertiary/aromatic N) is 1. The first-order valence-electron chi connectivity index (χ1n) is 5.10. The van der Waals surface area contributed by atoms with Crippen LogP contribution < -0.4 is 5.32 Å². The van der Waals surface area contributed by atoms with E-state index in [-0.39, 0.29) is 0 Å². The Labute approximate surface area is 84.5 Å². The second kappa shape index (κ2) is 4.53. The summed E-state index contributed by atoms with van der Waals surface area (Å²) in [4.78, 5) is 4.01. The molecule has 3 nitrogen and oxygen atoms in total. The second-order valence-electron chi connectivity index (χ2n) is 3.73. The van der Waals surface area contributed by atoms with Crippen LogP contribution >= 0.6 is 0 Å². The molecule has 2 atom stereocenters. The van der Waals surface area contributed by atoms with Crippen molar-refractivity contribution in [2.24, 2.45) is 0 Å². The van der Waals surface area contributed by atoms with Crippen LogP contribution in [0.3, 0.4) is 0 Å². The summed E-state index contributed by atoms with van der Waals surface area (Å²) in [5.41, 5.74) is 1.28. The van der Waals surface area contributed by atoms with Gasteiger partial charge in [0.15, 0.2) is 0 Å². The molecule has 0 bridgehead atoms. The van der Waals surface area contributed by atoms with Gasteiger partial charge in [0.25, 0.3) is 0 Å². The van der Waals surface area contributed by atoms with E-state index in [1.165, 1.54) is 5.56 Å². The molecular weight excluding hydrogens is 176 g/mol. The predicted molar refractivity (Wildman–Crippen MR) is 55.0 cm³/mol. The Morgan fingerprint density at radius 2 is 2.29 bits per heavy atom. The molecular formula is C11H16N2O. The molecule has 1 aromatic heterocycles. The topological polar surface area (TPSA) is 34.1 Å². The molecule has 1 fully saturated rings. The van der Waals surface area contributed by atoms with Gasteiger partial charge in [-0.05, 0) is 31.0 Å². The van der Waals surface area contributed by atoms with Crippen LogP contribution in [0.25, 0.3) is 0 Å². The SMILES string of the molecule is C[C@@H](NC1CCOC1)c1ccncc1. The zero-order valence-corrected chi connectivity index (χ0v) is 8.44. The molecule has 3 heteroatoms. The third kappa shape index (κ3) is 2.30. The molecule has 2 rings (SSSR count). The molecule has 0 aliphatic carbocycles. The highest BCUT2D eigenvalue weighted by Gasteiger charge is 2.17. The Morgan fingerprint density at radius 3 is 2.93 bits per heavy atom. The van der Waals surface area contributed by atoms with Gasteiger partial charge in [-0.15, -0.1) is 0 Å². The lowest BCUT2D eigenvalue weighted by atomic mass is 10.1. The van der Waals surface area contributed by atoms with Gasteiger partial charge < -0.3 is 10.1 Å². The van der Waals surface area contributed by atoms with Crippen molar-refractivity contribution in [3.63, 3.8) is 0 Å². The highest BCUT2D eigenvalue weighted by atomic mass is 16.5. The molecule has 0 saturated carbocycles. The normalized spacial score (nSPS) is 23.6. The molecule has 1 aliphatic heterocycles. The molecule has 1 unspecified atom stereocenters. The van der Waals surface area contributed by atoms with Gasteiger partial charge in [0.1, 0.15) is 0 Å². The van der Waals surface area contributed by atoms with E-state index >= 15 is 0 Å². The number of hydrogen-bond acceptors (Lipinski definition) is 3. The number of pyridine rings is 1. The zero-order chi connectivity index (χ0) is 9.80. The largest absolute Gasteiger partial charge is 0.380 e. The number of nitrogens with one attached hydrogen (secondary N) is 1. The number of ether oxygens (including phenoxy) is 1. The minimum Gasteiger partial charge on any atom is -0.380 e. The van der Waals surface area contributed by atoms with Crippen molar-refractivity contribution < 1.29 is 4.74 Å². The molecule has 1 aromatic rings. The van der Waals surface area contributed by atoms with Crippen molar-refractivity contribution >= 4 is 0 Å². The van der Waals surface area contributed by atoms with Crippen LogP contribution in [0.4, 0.5) is 0 Å². The summed E-state index contributed by atoms with van der Waals surface area (Å²) in [6.07, 6.45) is 4.78. The minimum atomic E-state index is 0.379. The molecule has 0 spiro atoms. The van der Waals surface area contributed by atoms with Crippen LogP contribution in [0.15, 0.2) is 24.5 Å². The maximum Gasteiger partial charge on any atom is 0.0620 e. The third-order valence-corrected chi connectivity index (χ3v) is 2.62. The van der Waals surface area contributed by atoms with Crippen molar-refractivity contribution in [3.05, 3.63) is 30.1 Å². The monoisotopic (exact) mass is 192 g/mol. The molecule has 1 N–H and O–H groups in total. The summed E-state index contributed by atoms with van der Waals surface area (Å²) < 4.78 is 5.32. The van der Waals surface area contributed by atoms with E-state index in [9.17, 15) is 0 Å². The second-order valence-corrected chi connectivity index (χ2v) is 3.73. The van der Waals surface area contributed by atoms with Gasteiger partial charge in [-0.3, -0.25) is 4.98 Å². The van der Waals surface area contributed by atoms with Gasteiger partial charge in [0, 0.05) is 31.1 Å². The molecule has 0 radical (unpaired) electrons. The Hall–Kier alpha value is -0.930. The van der Waals surface area contributed by atoms with Crippen LogP contribution in [0.1, 0.15) is 24.9 Å². The maximum atomic E-state index is 5.32. The van der Waals surface area contributed by atoms with Gasteiger partial charge in [0.2, 0.25) is 0 Å². The lowest BCUT2D eigenvalue weighted by Gasteiger charge is -2.18. The predicted octanol–water partition coefficient (Wildman–Crippen LogP) is 1.52. The van der Waals surface area contributed by atoms with Crippen LogP contribution in [-0.4, -0.2) is 24.2 Å². The number of hydrogen-bond donors (Lipinski definition) is 1. The summed E-state index contributed by atoms with van der Waals surface area (Å²) in [5.74, 6) is 0. The summed E-state index contributed by atoms with van der Waals surface area (Å²) in [5, 5.41) is 3.54. The zero-order valence-electron chi connectivity index (χ0n) is 8.44. The van der Waals surface area contributed by atoms with Crippen molar-refractivity contribution in [1.82, 2.24) is 10.3 Å². The summed E-state index contributed by atoms with van der Waals surface area (Å²) in [7, 11) is 0. The van der Waals surface area contributed by atoms with E-state index in [0.717, 1.165) is 19.6 Å². The third-order valence-electron chi connectivity index (χ3n) is 2.62.